The molecule has 0 bridgehead atoms. The summed E-state index contributed by atoms with van der Waals surface area (Å²) in [4.78, 5) is 27.4. The Hall–Kier alpha value is -2.82. The maximum atomic E-state index is 13.3. The highest BCUT2D eigenvalue weighted by atomic mass is 35.5. The van der Waals surface area contributed by atoms with Crippen LogP contribution in [0.2, 0.25) is 10.0 Å². The van der Waals surface area contributed by atoms with Crippen molar-refractivity contribution in [2.45, 2.75) is 32.5 Å². The third-order valence-corrected chi connectivity index (χ3v) is 5.61. The van der Waals surface area contributed by atoms with Crippen LogP contribution in [-0.2, 0) is 29.1 Å². The fourth-order valence-corrected chi connectivity index (χ4v) is 3.84. The van der Waals surface area contributed by atoms with E-state index in [1.165, 1.54) is 6.92 Å². The van der Waals surface area contributed by atoms with Crippen molar-refractivity contribution in [2.75, 3.05) is 0 Å². The lowest BCUT2D eigenvalue weighted by atomic mass is 10.0. The SMILES string of the molecule is CC(=O)N(Cc1ccccc1)[C@@H](Cc1ccccc1)C(=O)NCc1ccc(Cl)cc1Cl. The maximum absolute atomic E-state index is 13.3. The van der Waals surface area contributed by atoms with Gasteiger partial charge in [-0.15, -0.1) is 0 Å². The molecule has 31 heavy (non-hydrogen) atoms. The molecule has 0 spiro atoms. The molecule has 0 aliphatic heterocycles. The summed E-state index contributed by atoms with van der Waals surface area (Å²) in [6, 6.07) is 23.8. The minimum absolute atomic E-state index is 0.163. The smallest absolute Gasteiger partial charge is 0.243 e. The first-order chi connectivity index (χ1) is 14.9. The van der Waals surface area contributed by atoms with Gasteiger partial charge in [-0.3, -0.25) is 9.59 Å². The van der Waals surface area contributed by atoms with Gasteiger partial charge in [0.05, 0.1) is 0 Å². The van der Waals surface area contributed by atoms with Crippen LogP contribution in [0.4, 0.5) is 0 Å². The summed E-state index contributed by atoms with van der Waals surface area (Å²) in [6.07, 6.45) is 0.410. The molecule has 0 radical (unpaired) electrons. The average molecular weight is 455 g/mol. The van der Waals surface area contributed by atoms with Gasteiger partial charge < -0.3 is 10.2 Å². The fraction of sp³-hybridized carbons (Fsp3) is 0.200. The Kier molecular flexibility index (Phi) is 8.10. The van der Waals surface area contributed by atoms with Crippen LogP contribution in [0.1, 0.15) is 23.6 Å². The normalized spacial score (nSPS) is 11.6. The van der Waals surface area contributed by atoms with Gasteiger partial charge in [-0.05, 0) is 28.8 Å². The molecular formula is C25H24Cl2N2O2. The van der Waals surface area contributed by atoms with E-state index in [1.54, 1.807) is 23.1 Å². The highest BCUT2D eigenvalue weighted by Crippen LogP contribution is 2.21. The Morgan fingerprint density at radius 1 is 0.903 bits per heavy atom. The second-order valence-electron chi connectivity index (χ2n) is 7.29. The lowest BCUT2D eigenvalue weighted by molar-refractivity contribution is -0.139. The van der Waals surface area contributed by atoms with E-state index in [9.17, 15) is 9.59 Å². The highest BCUT2D eigenvalue weighted by Gasteiger charge is 2.28. The Morgan fingerprint density at radius 2 is 1.52 bits per heavy atom. The summed E-state index contributed by atoms with van der Waals surface area (Å²) >= 11 is 12.2. The highest BCUT2D eigenvalue weighted by molar-refractivity contribution is 6.35. The van der Waals surface area contributed by atoms with Crippen LogP contribution in [0.15, 0.2) is 78.9 Å². The van der Waals surface area contributed by atoms with Gasteiger partial charge in [0, 0.05) is 36.5 Å². The minimum Gasteiger partial charge on any atom is -0.350 e. The van der Waals surface area contributed by atoms with Crippen molar-refractivity contribution in [1.29, 1.82) is 0 Å². The first-order valence-electron chi connectivity index (χ1n) is 10.0. The molecule has 0 saturated carbocycles. The topological polar surface area (TPSA) is 49.4 Å². The Labute approximate surface area is 192 Å². The number of hydrogen-bond acceptors (Lipinski definition) is 2. The van der Waals surface area contributed by atoms with E-state index in [1.807, 2.05) is 60.7 Å². The van der Waals surface area contributed by atoms with Crippen LogP contribution >= 0.6 is 23.2 Å². The standard InChI is InChI=1S/C25H24Cl2N2O2/c1-18(30)29(17-20-10-6-3-7-11-20)24(14-19-8-4-2-5-9-19)25(31)28-16-21-12-13-22(26)15-23(21)27/h2-13,15,24H,14,16-17H2,1H3,(H,28,31)/t24-/m0/s1. The van der Waals surface area contributed by atoms with Gasteiger partial charge in [-0.2, -0.15) is 0 Å². The molecule has 3 aromatic carbocycles. The summed E-state index contributed by atoms with van der Waals surface area (Å²) in [6.45, 7) is 2.09. The molecule has 1 N–H and O–H groups in total. The number of hydrogen-bond donors (Lipinski definition) is 1. The zero-order valence-corrected chi connectivity index (χ0v) is 18.7. The van der Waals surface area contributed by atoms with Crippen molar-refractivity contribution in [3.8, 4) is 0 Å². The van der Waals surface area contributed by atoms with E-state index in [0.29, 0.717) is 23.0 Å². The number of benzene rings is 3. The van der Waals surface area contributed by atoms with E-state index in [4.69, 9.17) is 23.2 Å². The Morgan fingerprint density at radius 3 is 2.10 bits per heavy atom. The van der Waals surface area contributed by atoms with Crippen molar-refractivity contribution in [3.63, 3.8) is 0 Å². The van der Waals surface area contributed by atoms with Crippen molar-refractivity contribution in [1.82, 2.24) is 10.2 Å². The van der Waals surface area contributed by atoms with E-state index in [-0.39, 0.29) is 18.4 Å². The van der Waals surface area contributed by atoms with Crippen LogP contribution in [0.3, 0.4) is 0 Å². The largest absolute Gasteiger partial charge is 0.350 e. The molecule has 0 heterocycles. The molecule has 0 unspecified atom stereocenters. The third kappa shape index (κ3) is 6.58. The van der Waals surface area contributed by atoms with Gasteiger partial charge in [-0.1, -0.05) is 89.9 Å². The van der Waals surface area contributed by atoms with Gasteiger partial charge in [0.15, 0.2) is 0 Å². The van der Waals surface area contributed by atoms with Gasteiger partial charge in [-0.25, -0.2) is 0 Å². The number of rotatable bonds is 8. The number of amides is 2. The molecule has 0 saturated heterocycles. The monoisotopic (exact) mass is 454 g/mol. The maximum Gasteiger partial charge on any atom is 0.243 e. The molecule has 0 aliphatic carbocycles. The Balaban J connectivity index is 1.83. The van der Waals surface area contributed by atoms with E-state index < -0.39 is 6.04 Å². The van der Waals surface area contributed by atoms with Crippen LogP contribution in [0.5, 0.6) is 0 Å². The molecule has 1 atom stereocenters. The summed E-state index contributed by atoms with van der Waals surface area (Å²) in [7, 11) is 0. The van der Waals surface area contributed by atoms with Gasteiger partial charge in [0.25, 0.3) is 0 Å². The fourth-order valence-electron chi connectivity index (χ4n) is 3.37. The summed E-state index contributed by atoms with van der Waals surface area (Å²) in [5, 5.41) is 3.96. The van der Waals surface area contributed by atoms with Crippen LogP contribution in [0.25, 0.3) is 0 Å². The number of nitrogens with zero attached hydrogens (tertiary/aromatic N) is 1. The molecule has 0 aromatic heterocycles. The molecular weight excluding hydrogens is 431 g/mol. The number of carbonyl (C=O) groups is 2. The summed E-state index contributed by atoms with van der Waals surface area (Å²) in [5.41, 5.74) is 2.70. The third-order valence-electron chi connectivity index (χ3n) is 5.02. The summed E-state index contributed by atoms with van der Waals surface area (Å²) < 4.78 is 0. The van der Waals surface area contributed by atoms with E-state index >= 15 is 0 Å². The molecule has 6 heteroatoms. The van der Waals surface area contributed by atoms with Crippen LogP contribution < -0.4 is 5.32 Å². The van der Waals surface area contributed by atoms with E-state index in [0.717, 1.165) is 16.7 Å². The minimum atomic E-state index is -0.661. The lowest BCUT2D eigenvalue weighted by Gasteiger charge is -2.30. The van der Waals surface area contributed by atoms with Gasteiger partial charge in [0.1, 0.15) is 6.04 Å². The van der Waals surface area contributed by atoms with Crippen molar-refractivity contribution in [2.24, 2.45) is 0 Å². The van der Waals surface area contributed by atoms with Crippen LogP contribution in [0, 0.1) is 0 Å². The average Bonchev–Trinajstić information content (AvgIpc) is 2.76. The Bertz CT molecular complexity index is 1030. The number of halogens is 2. The van der Waals surface area contributed by atoms with Gasteiger partial charge in [0.2, 0.25) is 11.8 Å². The molecule has 4 nitrogen and oxygen atoms in total. The molecule has 3 aromatic rings. The molecule has 0 aliphatic rings. The van der Waals surface area contributed by atoms with Crippen LogP contribution in [-0.4, -0.2) is 22.8 Å². The van der Waals surface area contributed by atoms with Crippen molar-refractivity contribution in [3.05, 3.63) is 106 Å². The first-order valence-corrected chi connectivity index (χ1v) is 10.8. The number of nitrogens with one attached hydrogen (secondary N) is 1. The quantitative estimate of drug-likeness (QED) is 0.503. The van der Waals surface area contributed by atoms with E-state index in [2.05, 4.69) is 5.32 Å². The summed E-state index contributed by atoms with van der Waals surface area (Å²) in [5.74, 6) is -0.398. The predicted octanol–water partition coefficient (Wildman–Crippen LogP) is 5.27. The number of carbonyl (C=O) groups excluding carboxylic acids is 2. The zero-order chi connectivity index (χ0) is 22.2. The van der Waals surface area contributed by atoms with Crippen molar-refractivity contribution < 1.29 is 9.59 Å². The second kappa shape index (κ2) is 11.0. The molecule has 3 rings (SSSR count). The van der Waals surface area contributed by atoms with Crippen molar-refractivity contribution >= 4 is 35.0 Å². The first kappa shape index (κ1) is 22.9. The molecule has 0 fully saturated rings. The molecule has 160 valence electrons. The van der Waals surface area contributed by atoms with Gasteiger partial charge >= 0.3 is 0 Å². The predicted molar refractivity (Wildman–Crippen MR) is 125 cm³/mol. The molecule has 2 amide bonds. The second-order valence-corrected chi connectivity index (χ2v) is 8.14. The lowest BCUT2D eigenvalue weighted by Crippen LogP contribution is -2.49. The zero-order valence-electron chi connectivity index (χ0n) is 17.2.